The first-order valence-corrected chi connectivity index (χ1v) is 5.47. The van der Waals surface area contributed by atoms with Crippen LogP contribution < -0.4 is 10.2 Å². The fourth-order valence-corrected chi connectivity index (χ4v) is 1.48. The van der Waals surface area contributed by atoms with Crippen molar-refractivity contribution < 1.29 is 0 Å². The van der Waals surface area contributed by atoms with Gasteiger partial charge in [0.2, 0.25) is 0 Å². The molecule has 0 radical (unpaired) electrons. The zero-order valence-electron chi connectivity index (χ0n) is 9.82. The van der Waals surface area contributed by atoms with Gasteiger partial charge in [0.1, 0.15) is 11.6 Å². The molecule has 1 heterocycles. The molecule has 0 spiro atoms. The lowest BCUT2D eigenvalue weighted by atomic mass is 10.3. The maximum atomic E-state index is 4.43. The van der Waals surface area contributed by atoms with E-state index >= 15 is 0 Å². The van der Waals surface area contributed by atoms with Crippen molar-refractivity contribution >= 4 is 5.82 Å². The molecule has 4 heteroatoms. The van der Waals surface area contributed by atoms with Crippen molar-refractivity contribution in [2.45, 2.75) is 20.3 Å². The molecule has 1 aromatic rings. The molecule has 0 unspecified atom stereocenters. The molecule has 0 fully saturated rings. The second-order valence-electron chi connectivity index (χ2n) is 3.55. The number of likely N-dealkylation sites (N-methyl/N-ethyl adjacent to an activating group) is 1. The number of nitrogens with one attached hydrogen (secondary N) is 1. The number of hydrogen-bond donors (Lipinski definition) is 1. The first-order valence-electron chi connectivity index (χ1n) is 5.47. The van der Waals surface area contributed by atoms with Crippen LogP contribution in [-0.4, -0.2) is 36.6 Å². The summed E-state index contributed by atoms with van der Waals surface area (Å²) >= 11 is 0. The highest BCUT2D eigenvalue weighted by Crippen LogP contribution is 2.09. The Hall–Kier alpha value is -1.16. The third-order valence-electron chi connectivity index (χ3n) is 2.21. The topological polar surface area (TPSA) is 41.0 Å². The summed E-state index contributed by atoms with van der Waals surface area (Å²) in [7, 11) is 1.97. The van der Waals surface area contributed by atoms with Gasteiger partial charge >= 0.3 is 0 Å². The van der Waals surface area contributed by atoms with E-state index in [1.807, 2.05) is 26.2 Å². The molecule has 4 nitrogen and oxygen atoms in total. The minimum atomic E-state index is 0.832. The summed E-state index contributed by atoms with van der Waals surface area (Å²) in [5.41, 5.74) is 0. The van der Waals surface area contributed by atoms with Crippen molar-refractivity contribution in [3.63, 3.8) is 0 Å². The van der Waals surface area contributed by atoms with E-state index in [2.05, 4.69) is 27.1 Å². The van der Waals surface area contributed by atoms with E-state index in [9.17, 15) is 0 Å². The van der Waals surface area contributed by atoms with Crippen molar-refractivity contribution in [3.05, 3.63) is 18.1 Å². The van der Waals surface area contributed by atoms with Crippen LogP contribution >= 0.6 is 0 Å². The van der Waals surface area contributed by atoms with Crippen LogP contribution in [0.5, 0.6) is 0 Å². The first-order chi connectivity index (χ1) is 7.27. The maximum absolute atomic E-state index is 4.43. The third kappa shape index (κ3) is 3.83. The van der Waals surface area contributed by atoms with Gasteiger partial charge in [-0.05, 0) is 26.5 Å². The molecule has 0 atom stereocenters. The summed E-state index contributed by atoms with van der Waals surface area (Å²) in [6, 6.07) is 1.97. The fourth-order valence-electron chi connectivity index (χ4n) is 1.48. The van der Waals surface area contributed by atoms with Crippen LogP contribution in [0.1, 0.15) is 19.2 Å². The average molecular weight is 208 g/mol. The number of aryl methyl sites for hydroxylation is 1. The zero-order chi connectivity index (χ0) is 11.1. The van der Waals surface area contributed by atoms with E-state index < -0.39 is 0 Å². The molecule has 0 aliphatic carbocycles. The van der Waals surface area contributed by atoms with E-state index in [-0.39, 0.29) is 0 Å². The number of anilines is 1. The van der Waals surface area contributed by atoms with Crippen LogP contribution in [0.25, 0.3) is 0 Å². The van der Waals surface area contributed by atoms with Crippen LogP contribution in [0.3, 0.4) is 0 Å². The summed E-state index contributed by atoms with van der Waals surface area (Å²) in [6.07, 6.45) is 2.95. The number of rotatable bonds is 6. The van der Waals surface area contributed by atoms with Gasteiger partial charge in [0.05, 0.1) is 0 Å². The summed E-state index contributed by atoms with van der Waals surface area (Å²) < 4.78 is 0. The summed E-state index contributed by atoms with van der Waals surface area (Å²) in [5, 5.41) is 3.16. The normalized spacial score (nSPS) is 10.3. The van der Waals surface area contributed by atoms with Gasteiger partial charge in [-0.15, -0.1) is 0 Å². The molecule has 84 valence electrons. The highest BCUT2D eigenvalue weighted by molar-refractivity contribution is 5.37. The largest absolute Gasteiger partial charge is 0.355 e. The minimum absolute atomic E-state index is 0.832. The molecular formula is C11H20N4. The van der Waals surface area contributed by atoms with Crippen LogP contribution in [0.15, 0.2) is 12.3 Å². The Morgan fingerprint density at radius 3 is 2.80 bits per heavy atom. The Morgan fingerprint density at radius 2 is 2.20 bits per heavy atom. The van der Waals surface area contributed by atoms with Gasteiger partial charge in [0.25, 0.3) is 0 Å². The van der Waals surface area contributed by atoms with Crippen molar-refractivity contribution in [3.8, 4) is 0 Å². The van der Waals surface area contributed by atoms with E-state index in [1.165, 1.54) is 0 Å². The molecule has 1 rings (SSSR count). The number of hydrogen-bond acceptors (Lipinski definition) is 4. The molecular weight excluding hydrogens is 188 g/mol. The fraction of sp³-hybridized carbons (Fsp3) is 0.636. The number of nitrogens with zero attached hydrogens (tertiary/aromatic N) is 3. The first kappa shape index (κ1) is 11.9. The predicted octanol–water partition coefficient (Wildman–Crippen LogP) is 1.22. The van der Waals surface area contributed by atoms with Gasteiger partial charge in [-0.3, -0.25) is 0 Å². The molecule has 0 amide bonds. The van der Waals surface area contributed by atoms with Gasteiger partial charge in [-0.2, -0.15) is 0 Å². The maximum Gasteiger partial charge on any atom is 0.132 e. The lowest BCUT2D eigenvalue weighted by molar-refractivity contribution is 0.700. The smallest absolute Gasteiger partial charge is 0.132 e. The summed E-state index contributed by atoms with van der Waals surface area (Å²) in [5.74, 6) is 1.86. The molecule has 0 aliphatic heterocycles. The average Bonchev–Trinajstić information content (AvgIpc) is 2.24. The zero-order valence-corrected chi connectivity index (χ0v) is 9.82. The van der Waals surface area contributed by atoms with E-state index in [0.717, 1.165) is 37.7 Å². The summed E-state index contributed by atoms with van der Waals surface area (Å²) in [6.45, 7) is 7.11. The van der Waals surface area contributed by atoms with Crippen LogP contribution in [0.4, 0.5) is 5.82 Å². The van der Waals surface area contributed by atoms with Crippen molar-refractivity contribution in [1.82, 2.24) is 15.3 Å². The summed E-state index contributed by atoms with van der Waals surface area (Å²) in [4.78, 5) is 10.8. The van der Waals surface area contributed by atoms with Gasteiger partial charge in [-0.25, -0.2) is 9.97 Å². The lowest BCUT2D eigenvalue weighted by Crippen LogP contribution is -2.32. The van der Waals surface area contributed by atoms with Gasteiger partial charge < -0.3 is 10.2 Å². The van der Waals surface area contributed by atoms with Crippen LogP contribution in [-0.2, 0) is 0 Å². The Balaban J connectivity index is 2.69. The van der Waals surface area contributed by atoms with Gasteiger partial charge in [0.15, 0.2) is 0 Å². The Morgan fingerprint density at radius 1 is 1.40 bits per heavy atom. The second kappa shape index (κ2) is 6.35. The van der Waals surface area contributed by atoms with Gasteiger partial charge in [-0.1, -0.05) is 6.92 Å². The van der Waals surface area contributed by atoms with E-state index in [1.54, 1.807) is 0 Å². The Bertz CT molecular complexity index is 288. The minimum Gasteiger partial charge on any atom is -0.355 e. The van der Waals surface area contributed by atoms with Crippen LogP contribution in [0, 0.1) is 6.92 Å². The van der Waals surface area contributed by atoms with Crippen molar-refractivity contribution in [2.75, 3.05) is 31.6 Å². The highest BCUT2D eigenvalue weighted by Gasteiger charge is 2.06. The molecule has 0 aliphatic rings. The van der Waals surface area contributed by atoms with E-state index in [0.29, 0.717) is 0 Å². The molecule has 15 heavy (non-hydrogen) atoms. The van der Waals surface area contributed by atoms with Crippen molar-refractivity contribution in [2.24, 2.45) is 0 Å². The van der Waals surface area contributed by atoms with E-state index in [4.69, 9.17) is 0 Å². The highest BCUT2D eigenvalue weighted by atomic mass is 15.2. The molecule has 1 aromatic heterocycles. The molecule has 0 aromatic carbocycles. The lowest BCUT2D eigenvalue weighted by Gasteiger charge is -2.22. The SMILES string of the molecule is CCCN(CCNC)c1ccnc(C)n1. The Labute approximate surface area is 91.7 Å². The number of aromatic nitrogens is 2. The van der Waals surface area contributed by atoms with Crippen molar-refractivity contribution in [1.29, 1.82) is 0 Å². The molecule has 0 saturated heterocycles. The predicted molar refractivity (Wildman–Crippen MR) is 63.2 cm³/mol. The Kier molecular flexibility index (Phi) is 5.04. The molecule has 0 saturated carbocycles. The monoisotopic (exact) mass is 208 g/mol. The quantitative estimate of drug-likeness (QED) is 0.763. The second-order valence-corrected chi connectivity index (χ2v) is 3.55. The molecule has 1 N–H and O–H groups in total. The third-order valence-corrected chi connectivity index (χ3v) is 2.21. The standard InChI is InChI=1S/C11H20N4/c1-4-8-15(9-7-12-3)11-5-6-13-10(2)14-11/h5-6,12H,4,7-9H2,1-3H3. The van der Waals surface area contributed by atoms with Crippen LogP contribution in [0.2, 0.25) is 0 Å². The molecule has 0 bridgehead atoms. The van der Waals surface area contributed by atoms with Gasteiger partial charge in [0, 0.05) is 25.8 Å².